The number of hydrogen-bond donors (Lipinski definition) is 0. The smallest absolute Gasteiger partial charge is 0.237 e. The normalized spacial score (nSPS) is 26.5. The number of rotatable bonds is 3. The van der Waals surface area contributed by atoms with Crippen LogP contribution in [0.15, 0.2) is 0 Å². The summed E-state index contributed by atoms with van der Waals surface area (Å²) >= 11 is 0. The van der Waals surface area contributed by atoms with Crippen LogP contribution in [0.1, 0.15) is 70.6 Å². The third kappa shape index (κ3) is 3.50. The molecule has 0 aromatic rings. The first-order valence-corrected chi connectivity index (χ1v) is 10.7. The third-order valence-corrected chi connectivity index (χ3v) is 8.36. The number of carbonyl (C=O) groups is 1. The van der Waals surface area contributed by atoms with E-state index in [1.54, 1.807) is 0 Å². The standard InChI is InChI=1S/C17H29NO3S/c19-16(14-22(20,21)15-6-2-3-7-15)18-12-10-17(11-13-18)8-4-1-5-9-17/h15H,1-14H2. The Hall–Kier alpha value is -0.580. The summed E-state index contributed by atoms with van der Waals surface area (Å²) in [6, 6.07) is 0. The van der Waals surface area contributed by atoms with Crippen LogP contribution >= 0.6 is 0 Å². The topological polar surface area (TPSA) is 54.5 Å². The molecule has 126 valence electrons. The van der Waals surface area contributed by atoms with Crippen molar-refractivity contribution in [2.45, 2.75) is 75.9 Å². The Balaban J connectivity index is 1.53. The van der Waals surface area contributed by atoms with Crippen LogP contribution in [0.2, 0.25) is 0 Å². The molecule has 2 saturated carbocycles. The zero-order valence-corrected chi connectivity index (χ0v) is 14.4. The molecule has 3 fully saturated rings. The van der Waals surface area contributed by atoms with E-state index in [0.717, 1.165) is 51.6 Å². The van der Waals surface area contributed by atoms with Gasteiger partial charge in [-0.3, -0.25) is 4.79 Å². The van der Waals surface area contributed by atoms with E-state index in [1.165, 1.54) is 32.1 Å². The third-order valence-electron chi connectivity index (χ3n) is 6.23. The van der Waals surface area contributed by atoms with Crippen molar-refractivity contribution in [2.24, 2.45) is 5.41 Å². The van der Waals surface area contributed by atoms with Gasteiger partial charge in [-0.05, 0) is 43.9 Å². The van der Waals surface area contributed by atoms with Gasteiger partial charge in [-0.15, -0.1) is 0 Å². The Morgan fingerprint density at radius 1 is 0.909 bits per heavy atom. The number of piperidine rings is 1. The van der Waals surface area contributed by atoms with Gasteiger partial charge in [0.15, 0.2) is 9.84 Å². The first kappa shape index (κ1) is 16.3. The highest BCUT2D eigenvalue weighted by Gasteiger charge is 2.38. The van der Waals surface area contributed by atoms with E-state index in [9.17, 15) is 13.2 Å². The number of carbonyl (C=O) groups excluding carboxylic acids is 1. The second kappa shape index (κ2) is 6.50. The van der Waals surface area contributed by atoms with Crippen molar-refractivity contribution in [3.05, 3.63) is 0 Å². The van der Waals surface area contributed by atoms with Crippen molar-refractivity contribution in [3.63, 3.8) is 0 Å². The highest BCUT2D eigenvalue weighted by atomic mass is 32.2. The molecule has 1 saturated heterocycles. The predicted molar refractivity (Wildman–Crippen MR) is 87.4 cm³/mol. The van der Waals surface area contributed by atoms with Gasteiger partial charge in [0.25, 0.3) is 0 Å². The van der Waals surface area contributed by atoms with E-state index in [0.29, 0.717) is 5.41 Å². The van der Waals surface area contributed by atoms with Crippen LogP contribution in [-0.4, -0.2) is 43.3 Å². The molecule has 1 aliphatic heterocycles. The van der Waals surface area contributed by atoms with Crippen LogP contribution in [0.25, 0.3) is 0 Å². The Kier molecular flexibility index (Phi) is 4.81. The summed E-state index contributed by atoms with van der Waals surface area (Å²) in [6.45, 7) is 1.53. The molecular weight excluding hydrogens is 298 g/mol. The van der Waals surface area contributed by atoms with Gasteiger partial charge in [-0.25, -0.2) is 8.42 Å². The Morgan fingerprint density at radius 2 is 1.50 bits per heavy atom. The summed E-state index contributed by atoms with van der Waals surface area (Å²) in [4.78, 5) is 14.2. The molecule has 0 aromatic heterocycles. The van der Waals surface area contributed by atoms with Gasteiger partial charge in [-0.1, -0.05) is 32.1 Å². The molecule has 3 aliphatic rings. The highest BCUT2D eigenvalue weighted by Crippen LogP contribution is 2.44. The fourth-order valence-electron chi connectivity index (χ4n) is 4.66. The molecule has 1 amide bonds. The largest absolute Gasteiger partial charge is 0.342 e. The summed E-state index contributed by atoms with van der Waals surface area (Å²) in [5.41, 5.74) is 0.458. The van der Waals surface area contributed by atoms with Crippen molar-refractivity contribution in [3.8, 4) is 0 Å². The number of nitrogens with zero attached hydrogens (tertiary/aromatic N) is 1. The molecule has 3 rings (SSSR count). The number of amides is 1. The lowest BCUT2D eigenvalue weighted by Gasteiger charge is -2.44. The molecule has 1 spiro atoms. The SMILES string of the molecule is O=C(CS(=O)(=O)C1CCCC1)N1CCC2(CCCCC2)CC1. The molecule has 5 heteroatoms. The van der Waals surface area contributed by atoms with Crippen molar-refractivity contribution in [1.82, 2.24) is 4.90 Å². The molecule has 0 radical (unpaired) electrons. The molecule has 1 heterocycles. The highest BCUT2D eigenvalue weighted by molar-refractivity contribution is 7.92. The van der Waals surface area contributed by atoms with E-state index in [2.05, 4.69) is 0 Å². The minimum absolute atomic E-state index is 0.155. The molecule has 2 aliphatic carbocycles. The van der Waals surface area contributed by atoms with Gasteiger partial charge in [0.05, 0.1) is 5.25 Å². The van der Waals surface area contributed by atoms with Crippen molar-refractivity contribution < 1.29 is 13.2 Å². The van der Waals surface area contributed by atoms with E-state index < -0.39 is 9.84 Å². The molecular formula is C17H29NO3S. The first-order valence-electron chi connectivity index (χ1n) is 9.00. The van der Waals surface area contributed by atoms with Gasteiger partial charge < -0.3 is 4.90 Å². The van der Waals surface area contributed by atoms with E-state index in [1.807, 2.05) is 4.90 Å². The minimum Gasteiger partial charge on any atom is -0.342 e. The lowest BCUT2D eigenvalue weighted by atomic mass is 9.68. The number of sulfone groups is 1. The van der Waals surface area contributed by atoms with E-state index >= 15 is 0 Å². The average molecular weight is 327 g/mol. The zero-order chi connectivity index (χ0) is 15.6. The lowest BCUT2D eigenvalue weighted by Crippen LogP contribution is -2.46. The Bertz CT molecular complexity index is 492. The van der Waals surface area contributed by atoms with E-state index in [-0.39, 0.29) is 16.9 Å². The van der Waals surface area contributed by atoms with Crippen LogP contribution in [-0.2, 0) is 14.6 Å². The molecule has 0 atom stereocenters. The number of likely N-dealkylation sites (tertiary alicyclic amines) is 1. The van der Waals surface area contributed by atoms with Crippen LogP contribution in [0.4, 0.5) is 0 Å². The van der Waals surface area contributed by atoms with Gasteiger partial charge >= 0.3 is 0 Å². The molecule has 0 aromatic carbocycles. The summed E-state index contributed by atoms with van der Waals surface area (Å²) in [7, 11) is -3.23. The summed E-state index contributed by atoms with van der Waals surface area (Å²) in [5, 5.41) is -0.258. The fourth-order valence-corrected chi connectivity index (χ4v) is 6.48. The maximum absolute atomic E-state index is 12.4. The zero-order valence-electron chi connectivity index (χ0n) is 13.6. The molecule has 0 N–H and O–H groups in total. The second-order valence-electron chi connectivity index (χ2n) is 7.66. The summed E-state index contributed by atoms with van der Waals surface area (Å²) < 4.78 is 24.7. The van der Waals surface area contributed by atoms with Crippen LogP contribution in [0.5, 0.6) is 0 Å². The second-order valence-corrected chi connectivity index (χ2v) is 9.94. The number of hydrogen-bond acceptors (Lipinski definition) is 3. The van der Waals surface area contributed by atoms with Crippen molar-refractivity contribution >= 4 is 15.7 Å². The van der Waals surface area contributed by atoms with Gasteiger partial charge in [0.1, 0.15) is 5.75 Å². The van der Waals surface area contributed by atoms with Gasteiger partial charge in [0, 0.05) is 13.1 Å². The molecule has 0 unspecified atom stereocenters. The fraction of sp³-hybridized carbons (Fsp3) is 0.941. The monoisotopic (exact) mass is 327 g/mol. The predicted octanol–water partition coefficient (Wildman–Crippen LogP) is 2.92. The summed E-state index contributed by atoms with van der Waals surface area (Å²) in [6.07, 6.45) is 12.2. The maximum Gasteiger partial charge on any atom is 0.237 e. The lowest BCUT2D eigenvalue weighted by molar-refractivity contribution is -0.131. The molecule has 4 nitrogen and oxygen atoms in total. The quantitative estimate of drug-likeness (QED) is 0.801. The van der Waals surface area contributed by atoms with Crippen LogP contribution in [0, 0.1) is 5.41 Å². The molecule has 0 bridgehead atoms. The van der Waals surface area contributed by atoms with Gasteiger partial charge in [-0.2, -0.15) is 0 Å². The minimum atomic E-state index is -3.23. The first-order chi connectivity index (χ1) is 10.5. The van der Waals surface area contributed by atoms with Crippen LogP contribution in [0.3, 0.4) is 0 Å². The average Bonchev–Trinajstić information content (AvgIpc) is 3.03. The summed E-state index contributed by atoms with van der Waals surface area (Å²) in [5.74, 6) is -0.414. The molecule has 22 heavy (non-hydrogen) atoms. The van der Waals surface area contributed by atoms with E-state index in [4.69, 9.17) is 0 Å². The Morgan fingerprint density at radius 3 is 2.09 bits per heavy atom. The maximum atomic E-state index is 12.4. The Labute approximate surface area is 134 Å². The van der Waals surface area contributed by atoms with Crippen LogP contribution < -0.4 is 0 Å². The van der Waals surface area contributed by atoms with Crippen molar-refractivity contribution in [1.29, 1.82) is 0 Å². The van der Waals surface area contributed by atoms with Crippen molar-refractivity contribution in [2.75, 3.05) is 18.8 Å². The van der Waals surface area contributed by atoms with Gasteiger partial charge in [0.2, 0.25) is 5.91 Å².